The summed E-state index contributed by atoms with van der Waals surface area (Å²) in [6.45, 7) is 1.03. The Balaban J connectivity index is 2.17. The summed E-state index contributed by atoms with van der Waals surface area (Å²) in [7, 11) is 3.01. The lowest BCUT2D eigenvalue weighted by atomic mass is 10.1. The molecule has 0 unspecified atom stereocenters. The second-order valence-electron chi connectivity index (χ2n) is 5.72. The van der Waals surface area contributed by atoms with E-state index in [9.17, 15) is 13.6 Å². The molecule has 0 aliphatic heterocycles. The van der Waals surface area contributed by atoms with E-state index in [1.54, 1.807) is 18.2 Å². The molecule has 0 fully saturated rings. The van der Waals surface area contributed by atoms with Crippen LogP contribution in [0, 0.1) is 0 Å². The summed E-state index contributed by atoms with van der Waals surface area (Å²) in [5, 5.41) is 0. The molecule has 6 nitrogen and oxygen atoms in total. The molecular weight excluding hydrogens is 332 g/mol. The monoisotopic (exact) mass is 353 g/mol. The van der Waals surface area contributed by atoms with Crippen molar-refractivity contribution in [3.05, 3.63) is 42.0 Å². The number of alkyl halides is 2. The van der Waals surface area contributed by atoms with Crippen LogP contribution in [0.1, 0.15) is 36.6 Å². The van der Waals surface area contributed by atoms with Crippen LogP contribution in [-0.4, -0.2) is 40.6 Å². The maximum atomic E-state index is 12.9. The predicted octanol–water partition coefficient (Wildman–Crippen LogP) is 3.35. The van der Waals surface area contributed by atoms with Crippen molar-refractivity contribution in [2.75, 3.05) is 14.2 Å². The number of imidazole rings is 1. The van der Waals surface area contributed by atoms with Crippen LogP contribution in [0.3, 0.4) is 0 Å². The van der Waals surface area contributed by atoms with Crippen molar-refractivity contribution in [1.82, 2.24) is 14.5 Å². The number of halogens is 2. The van der Waals surface area contributed by atoms with Crippen LogP contribution in [0.4, 0.5) is 8.78 Å². The lowest BCUT2D eigenvalue weighted by molar-refractivity contribution is 0.0612. The van der Waals surface area contributed by atoms with Crippen LogP contribution in [0.15, 0.2) is 30.6 Å². The summed E-state index contributed by atoms with van der Waals surface area (Å²) in [5.41, 5.74) is 0.366. The van der Waals surface area contributed by atoms with Gasteiger partial charge in [0.2, 0.25) is 0 Å². The highest BCUT2D eigenvalue weighted by Crippen LogP contribution is 2.29. The van der Waals surface area contributed by atoms with Crippen molar-refractivity contribution in [3.63, 3.8) is 0 Å². The summed E-state index contributed by atoms with van der Waals surface area (Å²) in [5.74, 6) is 0.739. The van der Waals surface area contributed by atoms with E-state index in [0.717, 1.165) is 4.57 Å². The zero-order valence-electron chi connectivity index (χ0n) is 14.6. The van der Waals surface area contributed by atoms with Gasteiger partial charge in [0.05, 0.1) is 19.8 Å². The normalized spacial score (nSPS) is 11.0. The number of methoxy groups -OCH3 is 1. The van der Waals surface area contributed by atoms with E-state index in [1.165, 1.54) is 31.5 Å². The Morgan fingerprint density at radius 2 is 2.04 bits per heavy atom. The van der Waals surface area contributed by atoms with E-state index < -0.39 is 6.55 Å². The summed E-state index contributed by atoms with van der Waals surface area (Å²) in [6, 6.07) is 4.83. The molecule has 0 N–H and O–H groups in total. The molecule has 0 spiro atoms. The highest BCUT2D eigenvalue weighted by Gasteiger charge is 2.19. The number of amides is 1. The standard InChI is InChI=1S/C17H21F2N3O3/c1-11(2)25-13-6-5-12(9-14(13)24-4)16(23)21(3)10-15-20-7-8-22(15)17(18)19/h5-9,11,17H,10H2,1-4H3. The fourth-order valence-corrected chi connectivity index (χ4v) is 2.30. The van der Waals surface area contributed by atoms with E-state index in [-0.39, 0.29) is 24.4 Å². The molecule has 8 heteroatoms. The maximum absolute atomic E-state index is 12.9. The first kappa shape index (κ1) is 18.7. The highest BCUT2D eigenvalue weighted by atomic mass is 19.3. The van der Waals surface area contributed by atoms with Crippen LogP contribution in [0.5, 0.6) is 11.5 Å². The quantitative estimate of drug-likeness (QED) is 0.766. The topological polar surface area (TPSA) is 56.6 Å². The number of aromatic nitrogens is 2. The van der Waals surface area contributed by atoms with Gasteiger partial charge in [0, 0.05) is 25.0 Å². The zero-order valence-corrected chi connectivity index (χ0v) is 14.6. The number of benzene rings is 1. The molecular formula is C17H21F2N3O3. The minimum absolute atomic E-state index is 0.0358. The summed E-state index contributed by atoms with van der Waals surface area (Å²) in [6.07, 6.45) is 2.42. The van der Waals surface area contributed by atoms with Gasteiger partial charge in [-0.05, 0) is 32.0 Å². The van der Waals surface area contributed by atoms with Gasteiger partial charge in [0.15, 0.2) is 11.5 Å². The first-order chi connectivity index (χ1) is 11.8. The molecule has 25 heavy (non-hydrogen) atoms. The molecule has 1 aromatic heterocycles. The molecule has 1 aromatic carbocycles. The minimum atomic E-state index is -2.70. The van der Waals surface area contributed by atoms with Gasteiger partial charge in [-0.1, -0.05) is 0 Å². The molecule has 0 radical (unpaired) electrons. The summed E-state index contributed by atoms with van der Waals surface area (Å²) >= 11 is 0. The molecule has 0 aliphatic carbocycles. The third kappa shape index (κ3) is 4.46. The Labute approximate surface area is 145 Å². The molecule has 0 bridgehead atoms. The van der Waals surface area contributed by atoms with Crippen LogP contribution in [0.2, 0.25) is 0 Å². The van der Waals surface area contributed by atoms with Gasteiger partial charge >= 0.3 is 6.55 Å². The lowest BCUT2D eigenvalue weighted by Crippen LogP contribution is -2.28. The van der Waals surface area contributed by atoms with Gasteiger partial charge in [-0.25, -0.2) is 4.98 Å². The van der Waals surface area contributed by atoms with E-state index in [1.807, 2.05) is 13.8 Å². The molecule has 0 atom stereocenters. The molecule has 1 amide bonds. The Hall–Kier alpha value is -2.64. The number of hydrogen-bond acceptors (Lipinski definition) is 4. The van der Waals surface area contributed by atoms with Crippen molar-refractivity contribution in [2.45, 2.75) is 33.0 Å². The van der Waals surface area contributed by atoms with Gasteiger partial charge in [-0.3, -0.25) is 9.36 Å². The lowest BCUT2D eigenvalue weighted by Gasteiger charge is -2.19. The second kappa shape index (κ2) is 7.96. The van der Waals surface area contributed by atoms with E-state index >= 15 is 0 Å². The first-order valence-electron chi connectivity index (χ1n) is 7.73. The fraction of sp³-hybridized carbons (Fsp3) is 0.412. The molecule has 2 aromatic rings. The molecule has 1 heterocycles. The highest BCUT2D eigenvalue weighted by molar-refractivity contribution is 5.94. The van der Waals surface area contributed by atoms with E-state index in [0.29, 0.717) is 17.1 Å². The smallest absolute Gasteiger partial charge is 0.319 e. The molecule has 0 saturated carbocycles. The van der Waals surface area contributed by atoms with Crippen molar-refractivity contribution >= 4 is 5.91 Å². The number of carbonyl (C=O) groups excluding carboxylic acids is 1. The first-order valence-corrected chi connectivity index (χ1v) is 7.73. The SMILES string of the molecule is COc1cc(C(=O)N(C)Cc2nccn2C(F)F)ccc1OC(C)C. The number of ether oxygens (including phenoxy) is 2. The third-order valence-electron chi connectivity index (χ3n) is 3.46. The van der Waals surface area contributed by atoms with Crippen LogP contribution < -0.4 is 9.47 Å². The van der Waals surface area contributed by atoms with Crippen LogP contribution in [0.25, 0.3) is 0 Å². The molecule has 0 saturated heterocycles. The number of carbonyl (C=O) groups is 1. The summed E-state index contributed by atoms with van der Waals surface area (Å²) < 4.78 is 37.3. The van der Waals surface area contributed by atoms with Crippen molar-refractivity contribution < 1.29 is 23.0 Å². The van der Waals surface area contributed by atoms with Crippen molar-refractivity contribution in [1.29, 1.82) is 0 Å². The Bertz CT molecular complexity index is 732. The van der Waals surface area contributed by atoms with Gasteiger partial charge < -0.3 is 14.4 Å². The Morgan fingerprint density at radius 3 is 2.64 bits per heavy atom. The molecule has 136 valence electrons. The van der Waals surface area contributed by atoms with E-state index in [4.69, 9.17) is 9.47 Å². The minimum Gasteiger partial charge on any atom is -0.493 e. The fourth-order valence-electron chi connectivity index (χ4n) is 2.30. The maximum Gasteiger partial charge on any atom is 0.319 e. The second-order valence-corrected chi connectivity index (χ2v) is 5.72. The predicted molar refractivity (Wildman–Crippen MR) is 88.0 cm³/mol. The van der Waals surface area contributed by atoms with Crippen LogP contribution >= 0.6 is 0 Å². The van der Waals surface area contributed by atoms with Gasteiger partial charge in [0.25, 0.3) is 5.91 Å². The Morgan fingerprint density at radius 1 is 1.32 bits per heavy atom. The van der Waals surface area contributed by atoms with Gasteiger partial charge in [0.1, 0.15) is 5.82 Å². The molecule has 2 rings (SSSR count). The number of hydrogen-bond donors (Lipinski definition) is 0. The zero-order chi connectivity index (χ0) is 18.6. The van der Waals surface area contributed by atoms with Gasteiger partial charge in [-0.15, -0.1) is 0 Å². The van der Waals surface area contributed by atoms with Crippen LogP contribution in [-0.2, 0) is 6.54 Å². The summed E-state index contributed by atoms with van der Waals surface area (Å²) in [4.78, 5) is 17.8. The Kier molecular flexibility index (Phi) is 5.95. The van der Waals surface area contributed by atoms with Gasteiger partial charge in [-0.2, -0.15) is 8.78 Å². The molecule has 0 aliphatic rings. The number of rotatable bonds is 7. The average Bonchev–Trinajstić information content (AvgIpc) is 3.02. The largest absolute Gasteiger partial charge is 0.493 e. The van der Waals surface area contributed by atoms with Crippen molar-refractivity contribution in [3.8, 4) is 11.5 Å². The van der Waals surface area contributed by atoms with Crippen molar-refractivity contribution in [2.24, 2.45) is 0 Å². The third-order valence-corrected chi connectivity index (χ3v) is 3.46. The van der Waals surface area contributed by atoms with E-state index in [2.05, 4.69) is 4.98 Å². The number of nitrogens with zero attached hydrogens (tertiary/aromatic N) is 3. The average molecular weight is 353 g/mol.